The van der Waals surface area contributed by atoms with Gasteiger partial charge in [-0.1, -0.05) is 0 Å². The van der Waals surface area contributed by atoms with Gasteiger partial charge in [-0.25, -0.2) is 9.67 Å². The summed E-state index contributed by atoms with van der Waals surface area (Å²) in [5.41, 5.74) is 1.81. The van der Waals surface area contributed by atoms with Crippen molar-refractivity contribution in [2.45, 2.75) is 32.4 Å². The Kier molecular flexibility index (Phi) is 3.40. The molecule has 0 aromatic carbocycles. The highest BCUT2D eigenvalue weighted by Crippen LogP contribution is 2.14. The largest absolute Gasteiger partial charge is 0.393 e. The van der Waals surface area contributed by atoms with Crippen LogP contribution in [-0.2, 0) is 11.3 Å². The second-order valence-electron chi connectivity index (χ2n) is 5.34. The first-order valence-electron chi connectivity index (χ1n) is 6.87. The van der Waals surface area contributed by atoms with E-state index in [0.717, 1.165) is 16.6 Å². The number of aromatic nitrogens is 3. The summed E-state index contributed by atoms with van der Waals surface area (Å²) in [6.07, 6.45) is 4.56. The van der Waals surface area contributed by atoms with E-state index in [1.807, 2.05) is 13.0 Å². The Morgan fingerprint density at radius 3 is 2.90 bits per heavy atom. The van der Waals surface area contributed by atoms with Crippen LogP contribution in [0.25, 0.3) is 11.0 Å². The number of aliphatic hydroxyl groups excluding tert-OH is 1. The van der Waals surface area contributed by atoms with Gasteiger partial charge in [0.25, 0.3) is 0 Å². The van der Waals surface area contributed by atoms with E-state index in [4.69, 9.17) is 0 Å². The van der Waals surface area contributed by atoms with Crippen molar-refractivity contribution < 1.29 is 9.90 Å². The van der Waals surface area contributed by atoms with Gasteiger partial charge in [-0.2, -0.15) is 5.10 Å². The molecule has 1 saturated heterocycles. The van der Waals surface area contributed by atoms with Crippen LogP contribution < -0.4 is 0 Å². The predicted molar refractivity (Wildman–Crippen MR) is 74.1 cm³/mol. The van der Waals surface area contributed by atoms with Gasteiger partial charge >= 0.3 is 0 Å². The molecule has 0 aliphatic carbocycles. The number of rotatable bonds is 2. The predicted octanol–water partition coefficient (Wildman–Crippen LogP) is 0.723. The molecule has 6 nitrogen and oxygen atoms in total. The first-order chi connectivity index (χ1) is 9.63. The molecule has 0 radical (unpaired) electrons. The Hall–Kier alpha value is -1.95. The fourth-order valence-corrected chi connectivity index (χ4v) is 2.54. The fraction of sp³-hybridized carbons (Fsp3) is 0.500. The summed E-state index contributed by atoms with van der Waals surface area (Å²) in [5.74, 6) is 0.0317. The molecule has 1 N–H and O–H groups in total. The van der Waals surface area contributed by atoms with Crippen molar-refractivity contribution in [1.82, 2.24) is 19.7 Å². The third-order valence-corrected chi connectivity index (χ3v) is 3.71. The summed E-state index contributed by atoms with van der Waals surface area (Å²) in [4.78, 5) is 18.4. The van der Waals surface area contributed by atoms with Gasteiger partial charge in [0.15, 0.2) is 5.65 Å². The average molecular weight is 274 g/mol. The third-order valence-electron chi connectivity index (χ3n) is 3.71. The Balaban J connectivity index is 1.74. The van der Waals surface area contributed by atoms with E-state index in [1.54, 1.807) is 22.0 Å². The molecule has 2 aromatic heterocycles. The number of likely N-dealkylation sites (tertiary alicyclic amines) is 1. The molecular formula is C14H18N4O2. The van der Waals surface area contributed by atoms with Crippen molar-refractivity contribution in [3.8, 4) is 0 Å². The lowest BCUT2D eigenvalue weighted by atomic mass is 10.1. The van der Waals surface area contributed by atoms with E-state index in [-0.39, 0.29) is 18.6 Å². The van der Waals surface area contributed by atoms with Crippen LogP contribution in [0.3, 0.4) is 0 Å². The molecule has 0 atom stereocenters. The summed E-state index contributed by atoms with van der Waals surface area (Å²) in [7, 11) is 0. The first kappa shape index (κ1) is 13.1. The zero-order valence-corrected chi connectivity index (χ0v) is 11.5. The maximum Gasteiger partial charge on any atom is 0.244 e. The summed E-state index contributed by atoms with van der Waals surface area (Å²) in [6, 6.07) is 2.01. The number of hydrogen-bond acceptors (Lipinski definition) is 4. The number of carbonyl (C=O) groups excluding carboxylic acids is 1. The lowest BCUT2D eigenvalue weighted by Gasteiger charge is -2.29. The van der Waals surface area contributed by atoms with Crippen molar-refractivity contribution in [1.29, 1.82) is 0 Å². The quantitative estimate of drug-likeness (QED) is 0.876. The Morgan fingerprint density at radius 2 is 2.15 bits per heavy atom. The molecule has 3 heterocycles. The van der Waals surface area contributed by atoms with Crippen LogP contribution in [0.1, 0.15) is 18.4 Å². The minimum atomic E-state index is -0.269. The number of amides is 1. The number of nitrogens with zero attached hydrogens (tertiary/aromatic N) is 4. The second-order valence-corrected chi connectivity index (χ2v) is 5.34. The summed E-state index contributed by atoms with van der Waals surface area (Å²) < 4.78 is 1.64. The molecular weight excluding hydrogens is 256 g/mol. The lowest BCUT2D eigenvalue weighted by Crippen LogP contribution is -2.41. The normalized spacial score (nSPS) is 16.8. The fourth-order valence-electron chi connectivity index (χ4n) is 2.54. The molecule has 1 amide bonds. The molecule has 6 heteroatoms. The molecule has 106 valence electrons. The summed E-state index contributed by atoms with van der Waals surface area (Å²) >= 11 is 0. The van der Waals surface area contributed by atoms with Crippen LogP contribution in [0.15, 0.2) is 18.5 Å². The SMILES string of the molecule is Cc1cnc2c(cnn2CC(=O)N2CCC(O)CC2)c1. The summed E-state index contributed by atoms with van der Waals surface area (Å²) in [6.45, 7) is 3.42. The monoisotopic (exact) mass is 274 g/mol. The van der Waals surface area contributed by atoms with Crippen LogP contribution in [0, 0.1) is 6.92 Å². The van der Waals surface area contributed by atoms with Gasteiger partial charge in [0, 0.05) is 24.7 Å². The Morgan fingerprint density at radius 1 is 1.40 bits per heavy atom. The highest BCUT2D eigenvalue weighted by molar-refractivity contribution is 5.80. The molecule has 0 bridgehead atoms. The van der Waals surface area contributed by atoms with Crippen LogP contribution in [0.4, 0.5) is 0 Å². The zero-order chi connectivity index (χ0) is 14.1. The number of fused-ring (bicyclic) bond motifs is 1. The number of pyridine rings is 1. The van der Waals surface area contributed by atoms with Gasteiger partial charge in [0.05, 0.1) is 12.3 Å². The number of aliphatic hydroxyl groups is 1. The van der Waals surface area contributed by atoms with Crippen molar-refractivity contribution >= 4 is 16.9 Å². The van der Waals surface area contributed by atoms with E-state index in [1.165, 1.54) is 0 Å². The van der Waals surface area contributed by atoms with Gasteiger partial charge in [0.2, 0.25) is 5.91 Å². The van der Waals surface area contributed by atoms with Gasteiger partial charge < -0.3 is 10.0 Å². The van der Waals surface area contributed by atoms with Gasteiger partial charge in [0.1, 0.15) is 6.54 Å². The number of piperidine rings is 1. The highest BCUT2D eigenvalue weighted by Gasteiger charge is 2.22. The van der Waals surface area contributed by atoms with Gasteiger partial charge in [-0.15, -0.1) is 0 Å². The van der Waals surface area contributed by atoms with Crippen LogP contribution >= 0.6 is 0 Å². The molecule has 1 aliphatic heterocycles. The van der Waals surface area contributed by atoms with Gasteiger partial charge in [-0.05, 0) is 31.4 Å². The molecule has 2 aromatic rings. The molecule has 0 unspecified atom stereocenters. The number of hydrogen-bond donors (Lipinski definition) is 1. The first-order valence-corrected chi connectivity index (χ1v) is 6.87. The standard InChI is InChI=1S/C14H18N4O2/c1-10-6-11-8-16-18(14(11)15-7-10)9-13(20)17-4-2-12(19)3-5-17/h6-8,12,19H,2-5,9H2,1H3. The minimum absolute atomic E-state index is 0.0317. The third kappa shape index (κ3) is 2.51. The molecule has 3 rings (SSSR count). The van der Waals surface area contributed by atoms with Crippen molar-refractivity contribution in [2.75, 3.05) is 13.1 Å². The van der Waals surface area contributed by atoms with Crippen LogP contribution in [0.5, 0.6) is 0 Å². The topological polar surface area (TPSA) is 71.2 Å². The maximum atomic E-state index is 12.2. The smallest absolute Gasteiger partial charge is 0.244 e. The number of aryl methyl sites for hydroxylation is 1. The minimum Gasteiger partial charge on any atom is -0.393 e. The van der Waals surface area contributed by atoms with Crippen molar-refractivity contribution in [3.63, 3.8) is 0 Å². The van der Waals surface area contributed by atoms with E-state index in [9.17, 15) is 9.90 Å². The second kappa shape index (κ2) is 5.20. The van der Waals surface area contributed by atoms with E-state index in [0.29, 0.717) is 25.9 Å². The Labute approximate surface area is 117 Å². The molecule has 0 saturated carbocycles. The van der Waals surface area contributed by atoms with Crippen LogP contribution in [0.2, 0.25) is 0 Å². The van der Waals surface area contributed by atoms with Crippen molar-refractivity contribution in [2.24, 2.45) is 0 Å². The molecule has 1 aliphatic rings. The maximum absolute atomic E-state index is 12.2. The van der Waals surface area contributed by atoms with Crippen LogP contribution in [-0.4, -0.2) is 49.9 Å². The zero-order valence-electron chi connectivity index (χ0n) is 11.5. The summed E-state index contributed by atoms with van der Waals surface area (Å²) in [5, 5.41) is 14.7. The number of carbonyl (C=O) groups is 1. The highest BCUT2D eigenvalue weighted by atomic mass is 16.3. The van der Waals surface area contributed by atoms with E-state index >= 15 is 0 Å². The molecule has 1 fully saturated rings. The molecule has 0 spiro atoms. The van der Waals surface area contributed by atoms with E-state index in [2.05, 4.69) is 10.1 Å². The molecule has 20 heavy (non-hydrogen) atoms. The Bertz CT molecular complexity index is 629. The van der Waals surface area contributed by atoms with Crippen molar-refractivity contribution in [3.05, 3.63) is 24.0 Å². The lowest BCUT2D eigenvalue weighted by molar-refractivity contribution is -0.133. The average Bonchev–Trinajstić information content (AvgIpc) is 2.81. The van der Waals surface area contributed by atoms with Gasteiger partial charge in [-0.3, -0.25) is 4.79 Å². The van der Waals surface area contributed by atoms with E-state index < -0.39 is 0 Å².